The van der Waals surface area contributed by atoms with E-state index in [2.05, 4.69) is 17.6 Å². The third-order valence-corrected chi connectivity index (χ3v) is 2.71. The molecule has 0 aromatic rings. The predicted octanol–water partition coefficient (Wildman–Crippen LogP) is 0.0170. The van der Waals surface area contributed by atoms with E-state index in [9.17, 15) is 4.79 Å². The highest BCUT2D eigenvalue weighted by Gasteiger charge is 2.57. The van der Waals surface area contributed by atoms with Gasteiger partial charge in [-0.2, -0.15) is 0 Å². The van der Waals surface area contributed by atoms with E-state index < -0.39 is 0 Å². The van der Waals surface area contributed by atoms with Gasteiger partial charge >= 0.3 is 0 Å². The van der Waals surface area contributed by atoms with Crippen molar-refractivity contribution in [1.29, 1.82) is 0 Å². The van der Waals surface area contributed by atoms with Crippen molar-refractivity contribution >= 4 is 5.91 Å². The normalized spacial score (nSPS) is 41.2. The maximum atomic E-state index is 10.9. The Morgan fingerprint density at radius 3 is 3.18 bits per heavy atom. The summed E-state index contributed by atoms with van der Waals surface area (Å²) in [6, 6.07) is 0.555. The molecule has 11 heavy (non-hydrogen) atoms. The van der Waals surface area contributed by atoms with Gasteiger partial charge in [-0.05, 0) is 19.4 Å². The van der Waals surface area contributed by atoms with E-state index in [1.54, 1.807) is 0 Å². The summed E-state index contributed by atoms with van der Waals surface area (Å²) in [7, 11) is 0. The van der Waals surface area contributed by atoms with Gasteiger partial charge in [-0.15, -0.1) is 0 Å². The monoisotopic (exact) mass is 154 g/mol. The molecule has 2 rings (SSSR count). The summed E-state index contributed by atoms with van der Waals surface area (Å²) in [4.78, 5) is 10.9. The third-order valence-electron chi connectivity index (χ3n) is 2.71. The van der Waals surface area contributed by atoms with Crippen LogP contribution in [0.25, 0.3) is 0 Å². The van der Waals surface area contributed by atoms with Gasteiger partial charge in [-0.1, -0.05) is 6.92 Å². The van der Waals surface area contributed by atoms with E-state index >= 15 is 0 Å². The molecule has 2 fully saturated rings. The topological polar surface area (TPSA) is 41.1 Å². The second kappa shape index (κ2) is 2.21. The average molecular weight is 154 g/mol. The van der Waals surface area contributed by atoms with Crippen LogP contribution in [0, 0.1) is 0 Å². The Hall–Kier alpha value is -0.570. The fraction of sp³-hybridized carbons (Fsp3) is 0.875. The number of carbonyl (C=O) groups excluding carboxylic acids is 1. The molecule has 1 amide bonds. The van der Waals surface area contributed by atoms with Gasteiger partial charge in [0.1, 0.15) is 0 Å². The minimum Gasteiger partial charge on any atom is -0.349 e. The molecular weight excluding hydrogens is 140 g/mol. The first-order valence-corrected chi connectivity index (χ1v) is 4.31. The molecule has 0 aromatic carbocycles. The zero-order chi connectivity index (χ0) is 7.90. The summed E-state index contributed by atoms with van der Waals surface area (Å²) in [6.45, 7) is 3.10. The van der Waals surface area contributed by atoms with Crippen molar-refractivity contribution in [3.63, 3.8) is 0 Å². The maximum Gasteiger partial charge on any atom is 0.220 e. The van der Waals surface area contributed by atoms with E-state index in [4.69, 9.17) is 0 Å². The SMILES string of the molecule is CCNC1C[C@]12CCC(=O)N2. The van der Waals surface area contributed by atoms with Crippen LogP contribution in [0.4, 0.5) is 0 Å². The molecule has 1 aliphatic carbocycles. The molecule has 1 heterocycles. The van der Waals surface area contributed by atoms with E-state index in [0.717, 1.165) is 25.8 Å². The summed E-state index contributed by atoms with van der Waals surface area (Å²) in [5.41, 5.74) is 0.174. The molecule has 1 saturated heterocycles. The smallest absolute Gasteiger partial charge is 0.220 e. The van der Waals surface area contributed by atoms with Crippen molar-refractivity contribution in [2.24, 2.45) is 0 Å². The van der Waals surface area contributed by atoms with Crippen LogP contribution in [0.15, 0.2) is 0 Å². The fourth-order valence-electron chi connectivity index (χ4n) is 1.97. The second-order valence-corrected chi connectivity index (χ2v) is 3.52. The van der Waals surface area contributed by atoms with E-state index in [-0.39, 0.29) is 11.4 Å². The molecule has 3 nitrogen and oxygen atoms in total. The molecule has 1 unspecified atom stereocenters. The Bertz CT molecular complexity index is 193. The maximum absolute atomic E-state index is 10.9. The summed E-state index contributed by atoms with van der Waals surface area (Å²) in [6.07, 6.45) is 2.89. The first-order chi connectivity index (χ1) is 5.27. The Morgan fingerprint density at radius 1 is 1.82 bits per heavy atom. The molecule has 2 N–H and O–H groups in total. The molecule has 1 saturated carbocycles. The Labute approximate surface area is 66.5 Å². The van der Waals surface area contributed by atoms with Crippen molar-refractivity contribution in [2.45, 2.75) is 37.8 Å². The molecule has 62 valence electrons. The Morgan fingerprint density at radius 2 is 2.64 bits per heavy atom. The first-order valence-electron chi connectivity index (χ1n) is 4.31. The molecule has 3 heteroatoms. The number of rotatable bonds is 2. The molecule has 2 aliphatic rings. The second-order valence-electron chi connectivity index (χ2n) is 3.52. The van der Waals surface area contributed by atoms with E-state index in [0.29, 0.717) is 6.04 Å². The number of hydrogen-bond acceptors (Lipinski definition) is 2. The van der Waals surface area contributed by atoms with Crippen molar-refractivity contribution in [3.05, 3.63) is 0 Å². The molecule has 1 aliphatic heterocycles. The highest BCUT2D eigenvalue weighted by atomic mass is 16.2. The summed E-state index contributed by atoms with van der Waals surface area (Å²) in [5, 5.41) is 6.40. The summed E-state index contributed by atoms with van der Waals surface area (Å²) < 4.78 is 0. The van der Waals surface area contributed by atoms with Crippen molar-refractivity contribution in [1.82, 2.24) is 10.6 Å². The van der Waals surface area contributed by atoms with Crippen LogP contribution in [0.1, 0.15) is 26.2 Å². The van der Waals surface area contributed by atoms with Gasteiger partial charge in [0.2, 0.25) is 5.91 Å². The standard InChI is InChI=1S/C8H14N2O/c1-2-9-6-5-8(6)4-3-7(11)10-8/h6,9H,2-5H2,1H3,(H,10,11)/t6?,8-/m1/s1. The Kier molecular flexibility index (Phi) is 1.42. The minimum atomic E-state index is 0.174. The van der Waals surface area contributed by atoms with Crippen LogP contribution in [0.2, 0.25) is 0 Å². The van der Waals surface area contributed by atoms with Crippen LogP contribution in [0.3, 0.4) is 0 Å². The minimum absolute atomic E-state index is 0.174. The number of amides is 1. The van der Waals surface area contributed by atoms with Crippen LogP contribution in [0.5, 0.6) is 0 Å². The average Bonchev–Trinajstić information content (AvgIpc) is 2.46. The lowest BCUT2D eigenvalue weighted by Gasteiger charge is -2.08. The number of nitrogens with one attached hydrogen (secondary N) is 2. The molecule has 0 radical (unpaired) electrons. The lowest BCUT2D eigenvalue weighted by atomic mass is 10.2. The first kappa shape index (κ1) is 7.10. The van der Waals surface area contributed by atoms with Crippen LogP contribution in [-0.2, 0) is 4.79 Å². The third kappa shape index (κ3) is 1.03. The van der Waals surface area contributed by atoms with Gasteiger partial charge in [0, 0.05) is 12.5 Å². The zero-order valence-electron chi connectivity index (χ0n) is 6.81. The lowest BCUT2D eigenvalue weighted by Crippen LogP contribution is -2.35. The largest absolute Gasteiger partial charge is 0.349 e. The van der Waals surface area contributed by atoms with Gasteiger partial charge in [0.25, 0.3) is 0 Å². The molecule has 1 spiro atoms. The lowest BCUT2D eigenvalue weighted by molar-refractivity contribution is -0.119. The summed E-state index contributed by atoms with van der Waals surface area (Å²) in [5.74, 6) is 0.227. The molecule has 2 atom stereocenters. The predicted molar refractivity (Wildman–Crippen MR) is 42.2 cm³/mol. The summed E-state index contributed by atoms with van der Waals surface area (Å²) >= 11 is 0. The van der Waals surface area contributed by atoms with Gasteiger partial charge in [-0.3, -0.25) is 4.79 Å². The van der Waals surface area contributed by atoms with Gasteiger partial charge in [0.15, 0.2) is 0 Å². The van der Waals surface area contributed by atoms with Crippen LogP contribution in [-0.4, -0.2) is 24.0 Å². The highest BCUT2D eigenvalue weighted by molar-refractivity contribution is 5.80. The molecule has 0 aromatic heterocycles. The van der Waals surface area contributed by atoms with Crippen LogP contribution >= 0.6 is 0 Å². The number of likely N-dealkylation sites (N-methyl/N-ethyl adjacent to an activating group) is 1. The number of carbonyl (C=O) groups is 1. The quantitative estimate of drug-likeness (QED) is 0.588. The van der Waals surface area contributed by atoms with Gasteiger partial charge in [-0.25, -0.2) is 0 Å². The van der Waals surface area contributed by atoms with Crippen LogP contribution < -0.4 is 10.6 Å². The van der Waals surface area contributed by atoms with Gasteiger partial charge in [0.05, 0.1) is 5.54 Å². The molecule has 0 bridgehead atoms. The van der Waals surface area contributed by atoms with E-state index in [1.165, 1.54) is 0 Å². The van der Waals surface area contributed by atoms with Crippen molar-refractivity contribution in [3.8, 4) is 0 Å². The van der Waals surface area contributed by atoms with Crippen molar-refractivity contribution in [2.75, 3.05) is 6.54 Å². The number of hydrogen-bond donors (Lipinski definition) is 2. The highest BCUT2D eigenvalue weighted by Crippen LogP contribution is 2.43. The van der Waals surface area contributed by atoms with E-state index in [1.807, 2.05) is 0 Å². The van der Waals surface area contributed by atoms with Gasteiger partial charge < -0.3 is 10.6 Å². The molecular formula is C8H14N2O. The Balaban J connectivity index is 1.92. The fourth-order valence-corrected chi connectivity index (χ4v) is 1.97. The zero-order valence-corrected chi connectivity index (χ0v) is 6.81. The van der Waals surface area contributed by atoms with Crippen molar-refractivity contribution < 1.29 is 4.79 Å².